The molecule has 1 unspecified atom stereocenters. The summed E-state index contributed by atoms with van der Waals surface area (Å²) >= 11 is 0. The lowest BCUT2D eigenvalue weighted by atomic mass is 10.2. The molecule has 1 aliphatic heterocycles. The summed E-state index contributed by atoms with van der Waals surface area (Å²) in [4.78, 5) is 36.7. The zero-order valence-corrected chi connectivity index (χ0v) is 14.0. The van der Waals surface area contributed by atoms with Crippen LogP contribution >= 0.6 is 0 Å². The number of hydrogen-bond donors (Lipinski definition) is 2. The minimum Gasteiger partial charge on any atom is -0.366 e. The molecule has 1 aliphatic rings. The molecule has 3 N–H and O–H groups in total. The number of carbonyl (C=O) groups excluding carboxylic acids is 3. The number of primary amides is 1. The molecule has 24 heavy (non-hydrogen) atoms. The smallest absolute Gasteiger partial charge is 0.313 e. The van der Waals surface area contributed by atoms with Crippen LogP contribution in [0.5, 0.6) is 0 Å². The van der Waals surface area contributed by atoms with Crippen LogP contribution in [0.15, 0.2) is 24.3 Å². The summed E-state index contributed by atoms with van der Waals surface area (Å²) < 4.78 is 23.1. The van der Waals surface area contributed by atoms with E-state index in [0.717, 1.165) is 0 Å². The monoisotopic (exact) mass is 353 g/mol. The Morgan fingerprint density at radius 3 is 2.33 bits per heavy atom. The van der Waals surface area contributed by atoms with E-state index in [1.165, 1.54) is 29.2 Å². The molecule has 1 saturated heterocycles. The van der Waals surface area contributed by atoms with Crippen LogP contribution in [-0.4, -0.2) is 55.1 Å². The molecular weight excluding hydrogens is 334 g/mol. The van der Waals surface area contributed by atoms with Crippen LogP contribution < -0.4 is 11.1 Å². The molecule has 1 aromatic carbocycles. The lowest BCUT2D eigenvalue weighted by Crippen LogP contribution is -2.46. The van der Waals surface area contributed by atoms with E-state index >= 15 is 0 Å². The largest absolute Gasteiger partial charge is 0.366 e. The number of nitrogens with two attached hydrogens (primary N) is 1. The standard InChI is InChI=1S/C15H19N3O5S/c1-2-18(12-7-8-24(22,23)9-12)15(21)14(20)17-11-5-3-10(4-6-11)13(16)19/h3-6,12H,2,7-9H2,1H3,(H2,16,19)(H,17,20). The van der Waals surface area contributed by atoms with Gasteiger partial charge in [0.25, 0.3) is 0 Å². The zero-order valence-electron chi connectivity index (χ0n) is 13.2. The number of benzene rings is 1. The Hall–Kier alpha value is -2.42. The van der Waals surface area contributed by atoms with Crippen molar-refractivity contribution in [2.45, 2.75) is 19.4 Å². The van der Waals surface area contributed by atoms with Gasteiger partial charge in [-0.15, -0.1) is 0 Å². The highest BCUT2D eigenvalue weighted by Crippen LogP contribution is 2.18. The molecule has 2 rings (SSSR count). The number of rotatable bonds is 4. The van der Waals surface area contributed by atoms with Crippen molar-refractivity contribution >= 4 is 33.2 Å². The fourth-order valence-corrected chi connectivity index (χ4v) is 4.35. The van der Waals surface area contributed by atoms with Crippen molar-refractivity contribution in [2.75, 3.05) is 23.4 Å². The molecule has 1 heterocycles. The zero-order chi connectivity index (χ0) is 17.9. The van der Waals surface area contributed by atoms with Crippen LogP contribution in [0.4, 0.5) is 5.69 Å². The molecule has 0 saturated carbocycles. The van der Waals surface area contributed by atoms with Crippen molar-refractivity contribution in [1.82, 2.24) is 4.90 Å². The number of amides is 3. The van der Waals surface area contributed by atoms with Crippen LogP contribution in [0, 0.1) is 0 Å². The maximum Gasteiger partial charge on any atom is 0.313 e. The molecule has 0 radical (unpaired) electrons. The number of nitrogens with one attached hydrogen (secondary N) is 1. The Balaban J connectivity index is 2.05. The Kier molecular flexibility index (Phi) is 5.23. The van der Waals surface area contributed by atoms with Gasteiger partial charge in [0.2, 0.25) is 5.91 Å². The van der Waals surface area contributed by atoms with Gasteiger partial charge in [-0.25, -0.2) is 8.42 Å². The molecule has 0 bridgehead atoms. The summed E-state index contributed by atoms with van der Waals surface area (Å²) in [6, 6.07) is 5.31. The molecule has 1 fully saturated rings. The maximum atomic E-state index is 12.3. The van der Waals surface area contributed by atoms with Crippen molar-refractivity contribution in [1.29, 1.82) is 0 Å². The predicted octanol–water partition coefficient (Wildman–Crippen LogP) is -0.240. The van der Waals surface area contributed by atoms with E-state index in [4.69, 9.17) is 5.73 Å². The number of anilines is 1. The summed E-state index contributed by atoms with van der Waals surface area (Å²) in [7, 11) is -3.15. The third-order valence-corrected chi connectivity index (χ3v) is 5.62. The van der Waals surface area contributed by atoms with E-state index in [-0.39, 0.29) is 23.6 Å². The predicted molar refractivity (Wildman–Crippen MR) is 88.0 cm³/mol. The molecular formula is C15H19N3O5S. The minimum absolute atomic E-state index is 0.0254. The van der Waals surface area contributed by atoms with Gasteiger partial charge in [0, 0.05) is 23.8 Å². The van der Waals surface area contributed by atoms with Gasteiger partial charge in [-0.1, -0.05) is 0 Å². The fourth-order valence-electron chi connectivity index (χ4n) is 2.62. The highest BCUT2D eigenvalue weighted by atomic mass is 32.2. The summed E-state index contributed by atoms with van der Waals surface area (Å²) in [5.41, 5.74) is 5.75. The van der Waals surface area contributed by atoms with Gasteiger partial charge in [0.1, 0.15) is 0 Å². The minimum atomic E-state index is -3.15. The first-order chi connectivity index (χ1) is 11.2. The van der Waals surface area contributed by atoms with Gasteiger partial charge in [-0.2, -0.15) is 0 Å². The quantitative estimate of drug-likeness (QED) is 0.722. The van der Waals surface area contributed by atoms with E-state index in [2.05, 4.69) is 5.32 Å². The van der Waals surface area contributed by atoms with E-state index in [0.29, 0.717) is 12.1 Å². The first kappa shape index (κ1) is 17.9. The SMILES string of the molecule is CCN(C(=O)C(=O)Nc1ccc(C(N)=O)cc1)C1CCS(=O)(=O)C1. The topological polar surface area (TPSA) is 127 Å². The Labute approximate surface area is 139 Å². The molecule has 130 valence electrons. The third kappa shape index (κ3) is 4.10. The number of carbonyl (C=O) groups is 3. The third-order valence-electron chi connectivity index (χ3n) is 3.87. The van der Waals surface area contributed by atoms with Gasteiger partial charge in [0.05, 0.1) is 11.5 Å². The Bertz CT molecular complexity index is 758. The second kappa shape index (κ2) is 7.00. The normalized spacial score (nSPS) is 18.8. The summed E-state index contributed by atoms with van der Waals surface area (Å²) in [6.45, 7) is 1.94. The number of hydrogen-bond acceptors (Lipinski definition) is 5. The Morgan fingerprint density at radius 2 is 1.88 bits per heavy atom. The van der Waals surface area contributed by atoms with Gasteiger partial charge < -0.3 is 16.0 Å². The van der Waals surface area contributed by atoms with Crippen LogP contribution in [0.3, 0.4) is 0 Å². The maximum absolute atomic E-state index is 12.3. The summed E-state index contributed by atoms with van der Waals surface area (Å²) in [6.07, 6.45) is 0.336. The molecule has 0 aromatic heterocycles. The Morgan fingerprint density at radius 1 is 1.25 bits per heavy atom. The molecule has 1 atom stereocenters. The van der Waals surface area contributed by atoms with Gasteiger partial charge in [-0.05, 0) is 37.6 Å². The van der Waals surface area contributed by atoms with Crippen LogP contribution in [0.25, 0.3) is 0 Å². The van der Waals surface area contributed by atoms with E-state index < -0.39 is 33.6 Å². The lowest BCUT2D eigenvalue weighted by molar-refractivity contribution is -0.144. The lowest BCUT2D eigenvalue weighted by Gasteiger charge is -2.26. The fraction of sp³-hybridized carbons (Fsp3) is 0.400. The summed E-state index contributed by atoms with van der Waals surface area (Å²) in [5, 5.41) is 2.44. The molecule has 3 amide bonds. The number of nitrogens with zero attached hydrogens (tertiary/aromatic N) is 1. The molecule has 9 heteroatoms. The first-order valence-electron chi connectivity index (χ1n) is 7.45. The van der Waals surface area contributed by atoms with Crippen molar-refractivity contribution < 1.29 is 22.8 Å². The second-order valence-electron chi connectivity index (χ2n) is 5.54. The van der Waals surface area contributed by atoms with Crippen LogP contribution in [-0.2, 0) is 19.4 Å². The number of likely N-dealkylation sites (N-methyl/N-ethyl adjacent to an activating group) is 1. The van der Waals surface area contributed by atoms with Gasteiger partial charge >= 0.3 is 11.8 Å². The molecule has 1 aromatic rings. The average molecular weight is 353 g/mol. The number of sulfone groups is 1. The first-order valence-corrected chi connectivity index (χ1v) is 9.28. The summed E-state index contributed by atoms with van der Waals surface area (Å²) in [5.74, 6) is -2.32. The van der Waals surface area contributed by atoms with Crippen molar-refractivity contribution in [2.24, 2.45) is 5.73 Å². The van der Waals surface area contributed by atoms with Crippen molar-refractivity contribution in [3.63, 3.8) is 0 Å². The van der Waals surface area contributed by atoms with Crippen LogP contribution in [0.2, 0.25) is 0 Å². The van der Waals surface area contributed by atoms with Gasteiger partial charge in [-0.3, -0.25) is 14.4 Å². The van der Waals surface area contributed by atoms with E-state index in [1.54, 1.807) is 6.92 Å². The second-order valence-corrected chi connectivity index (χ2v) is 7.77. The van der Waals surface area contributed by atoms with Crippen LogP contribution in [0.1, 0.15) is 23.7 Å². The van der Waals surface area contributed by atoms with Gasteiger partial charge in [0.15, 0.2) is 9.84 Å². The van der Waals surface area contributed by atoms with Crippen molar-refractivity contribution in [3.8, 4) is 0 Å². The molecule has 0 aliphatic carbocycles. The highest BCUT2D eigenvalue weighted by molar-refractivity contribution is 7.91. The molecule has 8 nitrogen and oxygen atoms in total. The van der Waals surface area contributed by atoms with Crippen molar-refractivity contribution in [3.05, 3.63) is 29.8 Å². The average Bonchev–Trinajstić information content (AvgIpc) is 2.88. The van der Waals surface area contributed by atoms with E-state index in [1.807, 2.05) is 0 Å². The molecule has 0 spiro atoms. The van der Waals surface area contributed by atoms with E-state index in [9.17, 15) is 22.8 Å². The highest BCUT2D eigenvalue weighted by Gasteiger charge is 2.35.